The van der Waals surface area contributed by atoms with Gasteiger partial charge < -0.3 is 13.6 Å². The van der Waals surface area contributed by atoms with Crippen LogP contribution < -0.4 is 0 Å². The van der Waals surface area contributed by atoms with Crippen LogP contribution in [0, 0.1) is 18.3 Å². The molecule has 0 aliphatic rings. The molecule has 0 saturated heterocycles. The number of terminal acetylenes is 1. The van der Waals surface area contributed by atoms with E-state index >= 15 is 0 Å². The number of carbonyl (C=O) groups is 1. The predicted octanol–water partition coefficient (Wildman–Crippen LogP) is 8.10. The molecule has 0 amide bonds. The van der Waals surface area contributed by atoms with E-state index in [1.165, 1.54) is 0 Å². The number of hydrogen-bond donors (Lipinski definition) is 0. The van der Waals surface area contributed by atoms with Crippen molar-refractivity contribution >= 4 is 22.6 Å². The van der Waals surface area contributed by atoms with Crippen molar-refractivity contribution in [2.24, 2.45) is 5.92 Å². The molecule has 0 radical (unpaired) electrons. The van der Waals surface area contributed by atoms with Crippen molar-refractivity contribution < 1.29 is 18.4 Å². The first kappa shape index (κ1) is 33.1. The first-order valence-corrected chi connectivity index (χ1v) is 18.6. The summed E-state index contributed by atoms with van der Waals surface area (Å²) in [5.41, 5.74) is -0.471. The highest BCUT2D eigenvalue weighted by atomic mass is 28.4. The van der Waals surface area contributed by atoms with Crippen molar-refractivity contribution in [3.05, 3.63) is 12.7 Å². The fraction of sp³-hybridized carbons (Fsp3) is 0.821. The molecular formula is C28H54O4Si2. The van der Waals surface area contributed by atoms with E-state index in [2.05, 4.69) is 54.0 Å². The number of hydrogen-bond acceptors (Lipinski definition) is 4. The molecule has 6 heteroatoms. The van der Waals surface area contributed by atoms with Gasteiger partial charge in [0.1, 0.15) is 5.60 Å². The second-order valence-electron chi connectivity index (χ2n) is 10.5. The molecule has 0 unspecified atom stereocenters. The van der Waals surface area contributed by atoms with Crippen LogP contribution in [0.2, 0.25) is 36.3 Å². The number of ether oxygens (including phenoxy) is 1. The average molecular weight is 511 g/mol. The summed E-state index contributed by atoms with van der Waals surface area (Å²) in [6.07, 6.45) is 10.1. The lowest BCUT2D eigenvalue weighted by Gasteiger charge is -2.41. The van der Waals surface area contributed by atoms with E-state index < -0.39 is 22.2 Å². The van der Waals surface area contributed by atoms with Crippen molar-refractivity contribution in [2.75, 3.05) is 0 Å². The summed E-state index contributed by atoms with van der Waals surface area (Å²) in [6, 6.07) is 6.45. The van der Waals surface area contributed by atoms with Crippen LogP contribution in [0.25, 0.3) is 0 Å². The lowest BCUT2D eigenvalue weighted by atomic mass is 9.89. The third-order valence-corrected chi connectivity index (χ3v) is 16.7. The molecule has 198 valence electrons. The van der Waals surface area contributed by atoms with Crippen LogP contribution in [0.5, 0.6) is 0 Å². The zero-order chi connectivity index (χ0) is 26.4. The molecule has 0 saturated carbocycles. The van der Waals surface area contributed by atoms with E-state index in [0.717, 1.165) is 49.1 Å². The lowest BCUT2D eigenvalue weighted by molar-refractivity contribution is -0.155. The van der Waals surface area contributed by atoms with Gasteiger partial charge in [0.2, 0.25) is 0 Å². The summed E-state index contributed by atoms with van der Waals surface area (Å²) in [4.78, 5) is 12.4. The molecule has 0 rings (SSSR count). The van der Waals surface area contributed by atoms with E-state index in [0.29, 0.717) is 12.8 Å². The molecule has 4 nitrogen and oxygen atoms in total. The Morgan fingerprint density at radius 2 is 1.41 bits per heavy atom. The van der Waals surface area contributed by atoms with E-state index in [1.807, 2.05) is 26.8 Å². The van der Waals surface area contributed by atoms with Gasteiger partial charge in [-0.15, -0.1) is 18.9 Å². The molecule has 0 aromatic heterocycles. The molecule has 0 aromatic rings. The van der Waals surface area contributed by atoms with Crippen molar-refractivity contribution in [1.29, 1.82) is 0 Å². The second kappa shape index (κ2) is 16.0. The Hall–Kier alpha value is -0.876. The van der Waals surface area contributed by atoms with Gasteiger partial charge in [0.15, 0.2) is 16.6 Å². The van der Waals surface area contributed by atoms with Gasteiger partial charge in [-0.3, -0.25) is 4.79 Å². The number of esters is 1. The minimum Gasteiger partial charge on any atom is -0.460 e. The first-order valence-electron chi connectivity index (χ1n) is 13.6. The lowest BCUT2D eigenvalue weighted by Crippen LogP contribution is -2.48. The Labute approximate surface area is 213 Å². The van der Waals surface area contributed by atoms with Gasteiger partial charge in [-0.05, 0) is 69.9 Å². The van der Waals surface area contributed by atoms with Crippen LogP contribution in [0.1, 0.15) is 88.0 Å². The van der Waals surface area contributed by atoms with Gasteiger partial charge in [0.05, 0.1) is 12.2 Å². The molecule has 34 heavy (non-hydrogen) atoms. The Morgan fingerprint density at radius 1 is 0.941 bits per heavy atom. The van der Waals surface area contributed by atoms with Crippen molar-refractivity contribution in [2.45, 2.75) is 142 Å². The molecule has 3 atom stereocenters. The molecule has 0 N–H and O–H groups in total. The van der Waals surface area contributed by atoms with Crippen LogP contribution in [-0.4, -0.2) is 40.4 Å². The monoisotopic (exact) mass is 510 g/mol. The predicted molar refractivity (Wildman–Crippen MR) is 151 cm³/mol. The summed E-state index contributed by atoms with van der Waals surface area (Å²) in [7, 11) is -3.75. The Balaban J connectivity index is 6.00. The van der Waals surface area contributed by atoms with Crippen LogP contribution >= 0.6 is 0 Å². The highest BCUT2D eigenvalue weighted by molar-refractivity contribution is 6.74. The van der Waals surface area contributed by atoms with Gasteiger partial charge in [-0.2, -0.15) is 0 Å². The van der Waals surface area contributed by atoms with E-state index in [-0.39, 0.29) is 24.1 Å². The number of carbonyl (C=O) groups excluding carboxylic acids is 1. The third kappa shape index (κ3) is 10.8. The maximum atomic E-state index is 12.4. The van der Waals surface area contributed by atoms with Gasteiger partial charge >= 0.3 is 5.97 Å². The van der Waals surface area contributed by atoms with E-state index in [9.17, 15) is 4.79 Å². The van der Waals surface area contributed by atoms with Gasteiger partial charge in [0, 0.05) is 18.8 Å². The van der Waals surface area contributed by atoms with Crippen molar-refractivity contribution in [1.82, 2.24) is 0 Å². The molecule has 0 bridgehead atoms. The van der Waals surface area contributed by atoms with Crippen LogP contribution in [-0.2, 0) is 18.4 Å². The first-order chi connectivity index (χ1) is 15.9. The summed E-state index contributed by atoms with van der Waals surface area (Å²) in [6.45, 7) is 23.4. The molecule has 0 aliphatic carbocycles. The van der Waals surface area contributed by atoms with E-state index in [1.54, 1.807) is 0 Å². The maximum absolute atomic E-state index is 12.4. The zero-order valence-electron chi connectivity index (χ0n) is 23.8. The largest absolute Gasteiger partial charge is 0.460 e. The van der Waals surface area contributed by atoms with E-state index in [4.69, 9.17) is 20.0 Å². The maximum Gasteiger partial charge on any atom is 0.306 e. The molecule has 0 spiro atoms. The summed E-state index contributed by atoms with van der Waals surface area (Å²) < 4.78 is 19.5. The smallest absolute Gasteiger partial charge is 0.306 e. The zero-order valence-corrected chi connectivity index (χ0v) is 25.8. The van der Waals surface area contributed by atoms with Crippen molar-refractivity contribution in [3.63, 3.8) is 0 Å². The Kier molecular flexibility index (Phi) is 15.6. The highest BCUT2D eigenvalue weighted by Crippen LogP contribution is 2.34. The van der Waals surface area contributed by atoms with Gasteiger partial charge in [-0.1, -0.05) is 47.6 Å². The summed E-state index contributed by atoms with van der Waals surface area (Å²) in [5.74, 6) is 2.80. The van der Waals surface area contributed by atoms with Crippen LogP contribution in [0.4, 0.5) is 0 Å². The molecular weight excluding hydrogens is 456 g/mol. The second-order valence-corrected chi connectivity index (χ2v) is 20.0. The average Bonchev–Trinajstić information content (AvgIpc) is 2.80. The molecule has 0 aliphatic heterocycles. The molecule has 0 fully saturated rings. The highest BCUT2D eigenvalue weighted by Gasteiger charge is 2.40. The molecule has 0 heterocycles. The SMILES string of the molecule is C#CC[C@@H](O[Si](CC)(CC)CC)[C@H](CCCC(=O)OC(C)(C)C)[C@@H](C=C)O[Si](CC)(CC)CC. The van der Waals surface area contributed by atoms with Crippen molar-refractivity contribution in [3.8, 4) is 12.3 Å². The fourth-order valence-electron chi connectivity index (χ4n) is 4.75. The molecule has 0 aromatic carbocycles. The minimum atomic E-state index is -1.88. The Morgan fingerprint density at radius 3 is 1.79 bits per heavy atom. The quantitative estimate of drug-likeness (QED) is 0.0808. The minimum absolute atomic E-state index is 0.0732. The van der Waals surface area contributed by atoms with Crippen LogP contribution in [0.3, 0.4) is 0 Å². The summed E-state index contributed by atoms with van der Waals surface area (Å²) in [5, 5.41) is 0. The number of rotatable bonds is 18. The van der Waals surface area contributed by atoms with Crippen LogP contribution in [0.15, 0.2) is 12.7 Å². The standard InChI is InChI=1S/C28H54O4Si2/c1-12-21-26(32-34(17-6,18-7)19-8)24(22-20-23-27(29)30-28(9,10)11)25(13-2)31-33(14-3,15-4)16-5/h1,13,24-26H,2,14-23H2,3-11H3/t24-,25-,26-/m1/s1. The normalized spacial score (nSPS) is 15.3. The Bertz CT molecular complexity index is 611. The van der Waals surface area contributed by atoms with Gasteiger partial charge in [0.25, 0.3) is 0 Å². The van der Waals surface area contributed by atoms with Gasteiger partial charge in [-0.25, -0.2) is 0 Å². The topological polar surface area (TPSA) is 44.8 Å². The summed E-state index contributed by atoms with van der Waals surface area (Å²) >= 11 is 0. The fourth-order valence-corrected chi connectivity index (χ4v) is 10.5. The third-order valence-electron chi connectivity index (χ3n) is 7.44.